The molecule has 0 bridgehead atoms. The Morgan fingerprint density at radius 3 is 2.61 bits per heavy atom. The lowest BCUT2D eigenvalue weighted by molar-refractivity contribution is -0.148. The fraction of sp³-hybridized carbons (Fsp3) is 0.391. The third kappa shape index (κ3) is 3.64. The zero-order chi connectivity index (χ0) is 21.6. The maximum atomic E-state index is 13.6. The van der Waals surface area contributed by atoms with Gasteiger partial charge in [-0.1, -0.05) is 42.5 Å². The van der Waals surface area contributed by atoms with Crippen molar-refractivity contribution in [3.05, 3.63) is 65.7 Å². The van der Waals surface area contributed by atoms with Crippen LogP contribution in [0.3, 0.4) is 0 Å². The first-order valence-corrected chi connectivity index (χ1v) is 12.1. The largest absolute Gasteiger partial charge is 0.367 e. The Kier molecular flexibility index (Phi) is 5.06. The van der Waals surface area contributed by atoms with Gasteiger partial charge in [-0.05, 0) is 37.5 Å². The third-order valence-corrected chi connectivity index (χ3v) is 7.49. The number of nitrogens with zero attached hydrogens (tertiary/aromatic N) is 3. The van der Waals surface area contributed by atoms with E-state index in [1.165, 1.54) is 0 Å². The molecule has 7 nitrogen and oxygen atoms in total. The molecule has 2 aromatic carbocycles. The first-order chi connectivity index (χ1) is 14.9. The van der Waals surface area contributed by atoms with Gasteiger partial charge in [0.25, 0.3) is 10.0 Å². The van der Waals surface area contributed by atoms with Crippen LogP contribution in [0.1, 0.15) is 37.0 Å². The summed E-state index contributed by atoms with van der Waals surface area (Å²) in [6.07, 6.45) is 1.25. The Morgan fingerprint density at radius 1 is 1.06 bits per heavy atom. The second-order valence-electron chi connectivity index (χ2n) is 8.33. The number of morpholine rings is 1. The van der Waals surface area contributed by atoms with Crippen molar-refractivity contribution in [2.24, 2.45) is 4.40 Å². The number of benzene rings is 2. The second kappa shape index (κ2) is 7.76. The van der Waals surface area contributed by atoms with Crippen LogP contribution >= 0.6 is 0 Å². The Labute approximate surface area is 182 Å². The van der Waals surface area contributed by atoms with E-state index in [9.17, 15) is 13.2 Å². The van der Waals surface area contributed by atoms with Gasteiger partial charge in [-0.25, -0.2) is 0 Å². The van der Waals surface area contributed by atoms with E-state index in [-0.39, 0.29) is 23.0 Å². The monoisotopic (exact) mass is 439 g/mol. The summed E-state index contributed by atoms with van der Waals surface area (Å²) in [5, 5.41) is 0. The van der Waals surface area contributed by atoms with Gasteiger partial charge >= 0.3 is 0 Å². The van der Waals surface area contributed by atoms with E-state index in [1.807, 2.05) is 47.1 Å². The number of ether oxygens (including phenoxy) is 1. The molecule has 0 saturated carbocycles. The van der Waals surface area contributed by atoms with Gasteiger partial charge in [0.05, 0.1) is 12.6 Å². The van der Waals surface area contributed by atoms with Crippen LogP contribution < -0.4 is 0 Å². The lowest BCUT2D eigenvalue weighted by Crippen LogP contribution is -2.53. The number of hydrogen-bond donors (Lipinski definition) is 0. The molecule has 3 heterocycles. The highest BCUT2D eigenvalue weighted by atomic mass is 32.2. The first-order valence-electron chi connectivity index (χ1n) is 10.6. The predicted molar refractivity (Wildman–Crippen MR) is 116 cm³/mol. The lowest BCUT2D eigenvalue weighted by Gasteiger charge is -2.39. The summed E-state index contributed by atoms with van der Waals surface area (Å²) < 4.78 is 35.2. The van der Waals surface area contributed by atoms with E-state index < -0.39 is 16.1 Å². The van der Waals surface area contributed by atoms with Crippen molar-refractivity contribution < 1.29 is 17.9 Å². The minimum absolute atomic E-state index is 0.0121. The third-order valence-electron chi connectivity index (χ3n) is 6.17. The number of fused-ring (bicyclic) bond motifs is 1. The SMILES string of the molecule is CC1CN(C(=O)[C@@H]2CCCN2C2=NS(=O)(=O)c3ccccc32)CC(c2ccccc2)O1. The molecule has 2 unspecified atom stereocenters. The number of hydrogen-bond acceptors (Lipinski definition) is 5. The normalized spacial score (nSPS) is 27.1. The van der Waals surface area contributed by atoms with Crippen molar-refractivity contribution in [1.29, 1.82) is 0 Å². The molecular weight excluding hydrogens is 414 g/mol. The molecule has 0 aromatic heterocycles. The van der Waals surface area contributed by atoms with Crippen LogP contribution in [-0.4, -0.2) is 61.7 Å². The number of rotatable bonds is 2. The van der Waals surface area contributed by atoms with Crippen LogP contribution in [0.25, 0.3) is 0 Å². The van der Waals surface area contributed by atoms with Crippen LogP contribution in [0.5, 0.6) is 0 Å². The maximum absolute atomic E-state index is 13.6. The Hall–Kier alpha value is -2.71. The van der Waals surface area contributed by atoms with Crippen molar-refractivity contribution in [2.75, 3.05) is 19.6 Å². The summed E-state index contributed by atoms with van der Waals surface area (Å²) >= 11 is 0. The fourth-order valence-corrected chi connectivity index (χ4v) is 5.98. The molecule has 8 heteroatoms. The number of amides is 1. The van der Waals surface area contributed by atoms with Crippen molar-refractivity contribution in [2.45, 2.75) is 42.9 Å². The summed E-state index contributed by atoms with van der Waals surface area (Å²) in [6, 6.07) is 16.4. The van der Waals surface area contributed by atoms with Crippen molar-refractivity contribution in [1.82, 2.24) is 9.80 Å². The lowest BCUT2D eigenvalue weighted by atomic mass is 10.0. The molecule has 0 N–H and O–H groups in total. The zero-order valence-electron chi connectivity index (χ0n) is 17.3. The molecule has 31 heavy (non-hydrogen) atoms. The minimum atomic E-state index is -3.72. The molecule has 3 aliphatic rings. The molecule has 1 amide bonds. The molecule has 3 aliphatic heterocycles. The van der Waals surface area contributed by atoms with Gasteiger partial charge in [0, 0.05) is 18.7 Å². The van der Waals surface area contributed by atoms with Gasteiger partial charge in [0.15, 0.2) is 5.84 Å². The van der Waals surface area contributed by atoms with Crippen LogP contribution in [0.2, 0.25) is 0 Å². The molecule has 0 aliphatic carbocycles. The highest BCUT2D eigenvalue weighted by Crippen LogP contribution is 2.33. The molecule has 2 fully saturated rings. The fourth-order valence-electron chi connectivity index (χ4n) is 4.77. The smallest absolute Gasteiger partial charge is 0.285 e. The van der Waals surface area contributed by atoms with E-state index in [0.717, 1.165) is 12.0 Å². The van der Waals surface area contributed by atoms with Crippen molar-refractivity contribution in [3.8, 4) is 0 Å². The molecular formula is C23H25N3O4S. The van der Waals surface area contributed by atoms with Crippen molar-refractivity contribution in [3.63, 3.8) is 0 Å². The highest BCUT2D eigenvalue weighted by Gasteiger charge is 2.42. The van der Waals surface area contributed by atoms with Gasteiger partial charge < -0.3 is 14.5 Å². The maximum Gasteiger partial charge on any atom is 0.285 e. The summed E-state index contributed by atoms with van der Waals surface area (Å²) in [6.45, 7) is 3.60. The average molecular weight is 440 g/mol. The number of likely N-dealkylation sites (tertiary alicyclic amines) is 1. The summed E-state index contributed by atoms with van der Waals surface area (Å²) in [7, 11) is -3.72. The topological polar surface area (TPSA) is 79.3 Å². The predicted octanol–water partition coefficient (Wildman–Crippen LogP) is 2.59. The highest BCUT2D eigenvalue weighted by molar-refractivity contribution is 7.90. The Morgan fingerprint density at radius 2 is 1.81 bits per heavy atom. The van der Waals surface area contributed by atoms with Gasteiger partial charge in [0.2, 0.25) is 5.91 Å². The second-order valence-corrected chi connectivity index (χ2v) is 9.90. The molecule has 3 atom stereocenters. The molecule has 2 saturated heterocycles. The number of carbonyl (C=O) groups excluding carboxylic acids is 1. The van der Waals surface area contributed by atoms with Crippen LogP contribution in [0.15, 0.2) is 63.9 Å². The molecule has 0 radical (unpaired) electrons. The molecule has 5 rings (SSSR count). The van der Waals surface area contributed by atoms with Gasteiger partial charge in [-0.15, -0.1) is 4.40 Å². The molecule has 162 valence electrons. The van der Waals surface area contributed by atoms with Crippen LogP contribution in [0, 0.1) is 0 Å². The average Bonchev–Trinajstić information content (AvgIpc) is 3.36. The van der Waals surface area contributed by atoms with Crippen LogP contribution in [0.4, 0.5) is 0 Å². The first kappa shape index (κ1) is 20.2. The molecule has 2 aromatic rings. The Balaban J connectivity index is 1.40. The van der Waals surface area contributed by atoms with Gasteiger partial charge in [0.1, 0.15) is 17.0 Å². The van der Waals surface area contributed by atoms with Crippen molar-refractivity contribution >= 4 is 21.8 Å². The summed E-state index contributed by atoms with van der Waals surface area (Å²) in [4.78, 5) is 17.5. The van der Waals surface area contributed by atoms with E-state index in [4.69, 9.17) is 4.74 Å². The van der Waals surface area contributed by atoms with Gasteiger partial charge in [-0.2, -0.15) is 8.42 Å². The Bertz CT molecular complexity index is 1130. The zero-order valence-corrected chi connectivity index (χ0v) is 18.2. The summed E-state index contributed by atoms with van der Waals surface area (Å²) in [5.41, 5.74) is 1.63. The molecule has 0 spiro atoms. The number of carbonyl (C=O) groups is 1. The quantitative estimate of drug-likeness (QED) is 0.719. The van der Waals surface area contributed by atoms with E-state index >= 15 is 0 Å². The van der Waals surface area contributed by atoms with E-state index in [1.54, 1.807) is 24.3 Å². The number of amidine groups is 1. The van der Waals surface area contributed by atoms with Crippen LogP contribution in [-0.2, 0) is 19.6 Å². The summed E-state index contributed by atoms with van der Waals surface area (Å²) in [5.74, 6) is 0.408. The standard InChI is InChI=1S/C23H25N3O4S/c1-16-14-25(15-20(30-16)17-8-3-2-4-9-17)23(27)19-11-7-13-26(19)22-18-10-5-6-12-21(18)31(28,29)24-22/h2-6,8-10,12,16,19-20H,7,11,13-15H2,1H3/t16?,19-,20?/m0/s1. The van der Waals surface area contributed by atoms with E-state index in [2.05, 4.69) is 4.40 Å². The van der Waals surface area contributed by atoms with E-state index in [0.29, 0.717) is 37.5 Å². The number of sulfonamides is 1. The van der Waals surface area contributed by atoms with Gasteiger partial charge in [-0.3, -0.25) is 4.79 Å². The minimum Gasteiger partial charge on any atom is -0.367 e.